The molecule has 1 heteroatoms. The van der Waals surface area contributed by atoms with Crippen LogP contribution in [0.25, 0.3) is 0 Å². The van der Waals surface area contributed by atoms with Gasteiger partial charge >= 0.3 is 0 Å². The molecule has 0 aromatic heterocycles. The highest BCUT2D eigenvalue weighted by atomic mass is 15.2. The second-order valence-electron chi connectivity index (χ2n) is 9.20. The minimum atomic E-state index is 0.265. The molecule has 0 spiro atoms. The largest absolute Gasteiger partial charge is 0.365 e. The average molecular weight is 328 g/mol. The molecule has 1 heterocycles. The van der Waals surface area contributed by atoms with E-state index in [0.29, 0.717) is 5.41 Å². The van der Waals surface area contributed by atoms with Gasteiger partial charge in [0.05, 0.1) is 0 Å². The van der Waals surface area contributed by atoms with Crippen molar-refractivity contribution in [1.29, 1.82) is 0 Å². The van der Waals surface area contributed by atoms with Crippen molar-refractivity contribution in [3.8, 4) is 0 Å². The van der Waals surface area contributed by atoms with Crippen LogP contribution in [0.2, 0.25) is 0 Å². The van der Waals surface area contributed by atoms with Crippen molar-refractivity contribution in [3.63, 3.8) is 0 Å². The molecule has 3 rings (SSSR count). The number of nitrogens with zero attached hydrogens (tertiary/aromatic N) is 1. The molecular formula is C23H37N. The summed E-state index contributed by atoms with van der Waals surface area (Å²) in [7, 11) is 0. The van der Waals surface area contributed by atoms with Gasteiger partial charge in [-0.1, -0.05) is 58.2 Å². The molecule has 0 bridgehead atoms. The molecule has 1 aromatic rings. The fraction of sp³-hybridized carbons (Fsp3) is 0.739. The summed E-state index contributed by atoms with van der Waals surface area (Å²) in [5.74, 6) is 0.925. The van der Waals surface area contributed by atoms with E-state index < -0.39 is 0 Å². The number of rotatable bonds is 4. The van der Waals surface area contributed by atoms with Crippen LogP contribution in [-0.2, 0) is 12.8 Å². The number of hydrogen-bond donors (Lipinski definition) is 0. The number of aryl methyl sites for hydroxylation is 2. The Morgan fingerprint density at radius 1 is 0.958 bits per heavy atom. The molecule has 1 aliphatic carbocycles. The molecular weight excluding hydrogens is 290 g/mol. The summed E-state index contributed by atoms with van der Waals surface area (Å²) >= 11 is 0. The molecule has 1 atom stereocenters. The van der Waals surface area contributed by atoms with Gasteiger partial charge in [0.15, 0.2) is 0 Å². The first-order valence-corrected chi connectivity index (χ1v) is 10.3. The lowest BCUT2D eigenvalue weighted by atomic mass is 9.67. The Labute approximate surface area is 149 Å². The van der Waals surface area contributed by atoms with Gasteiger partial charge in [-0.05, 0) is 68.4 Å². The smallest absolute Gasteiger partial charge is 0.0435 e. The molecule has 134 valence electrons. The van der Waals surface area contributed by atoms with E-state index in [0.717, 1.165) is 18.8 Å². The van der Waals surface area contributed by atoms with E-state index in [2.05, 4.69) is 57.7 Å². The summed E-state index contributed by atoms with van der Waals surface area (Å²) in [6, 6.07) is 6.95. The quantitative estimate of drug-likeness (QED) is 0.619. The van der Waals surface area contributed by atoms with E-state index in [9.17, 15) is 0 Å². The third-order valence-corrected chi connectivity index (χ3v) is 6.91. The third-order valence-electron chi connectivity index (χ3n) is 6.91. The highest BCUT2D eigenvalue weighted by Gasteiger charge is 2.49. The summed E-state index contributed by atoms with van der Waals surface area (Å²) in [5.41, 5.74) is 5.38. The third kappa shape index (κ3) is 3.11. The van der Waals surface area contributed by atoms with Crippen LogP contribution in [0.5, 0.6) is 0 Å². The summed E-state index contributed by atoms with van der Waals surface area (Å²) in [4.78, 5) is 2.79. The van der Waals surface area contributed by atoms with Crippen molar-refractivity contribution in [2.24, 2.45) is 11.3 Å². The maximum atomic E-state index is 2.79. The molecule has 1 saturated carbocycles. The van der Waals surface area contributed by atoms with Crippen LogP contribution in [0.3, 0.4) is 0 Å². The molecule has 24 heavy (non-hydrogen) atoms. The predicted octanol–water partition coefficient (Wildman–Crippen LogP) is 6.39. The number of hydrogen-bond acceptors (Lipinski definition) is 1. The fourth-order valence-corrected chi connectivity index (χ4v) is 5.73. The number of para-hydroxylation sites is 1. The first kappa shape index (κ1) is 17.8. The van der Waals surface area contributed by atoms with Crippen LogP contribution in [0.15, 0.2) is 18.2 Å². The van der Waals surface area contributed by atoms with Gasteiger partial charge < -0.3 is 4.90 Å². The van der Waals surface area contributed by atoms with Crippen LogP contribution in [0.1, 0.15) is 84.3 Å². The Kier molecular flexibility index (Phi) is 5.00. The van der Waals surface area contributed by atoms with Crippen molar-refractivity contribution < 1.29 is 0 Å². The van der Waals surface area contributed by atoms with Crippen LogP contribution in [-0.4, -0.2) is 12.1 Å². The normalized spacial score (nSPS) is 27.6. The first-order chi connectivity index (χ1) is 11.4. The lowest BCUT2D eigenvalue weighted by molar-refractivity contribution is 0.151. The van der Waals surface area contributed by atoms with E-state index in [1.54, 1.807) is 5.69 Å². The fourth-order valence-electron chi connectivity index (χ4n) is 5.73. The molecule has 1 aromatic carbocycles. The van der Waals surface area contributed by atoms with Gasteiger partial charge in [-0.3, -0.25) is 0 Å². The first-order valence-electron chi connectivity index (χ1n) is 10.3. The van der Waals surface area contributed by atoms with E-state index in [4.69, 9.17) is 0 Å². The molecule has 0 amide bonds. The topological polar surface area (TPSA) is 3.24 Å². The van der Waals surface area contributed by atoms with Crippen molar-refractivity contribution in [3.05, 3.63) is 29.3 Å². The zero-order chi connectivity index (χ0) is 17.4. The average Bonchev–Trinajstić information content (AvgIpc) is 2.84. The zero-order valence-electron chi connectivity index (χ0n) is 16.6. The Morgan fingerprint density at radius 2 is 1.54 bits per heavy atom. The molecule has 2 fully saturated rings. The summed E-state index contributed by atoms with van der Waals surface area (Å²) < 4.78 is 0. The minimum Gasteiger partial charge on any atom is -0.365 e. The van der Waals surface area contributed by atoms with Crippen molar-refractivity contribution in [1.82, 2.24) is 0 Å². The summed E-state index contributed by atoms with van der Waals surface area (Å²) in [6.45, 7) is 13.4. The second kappa shape index (κ2) is 6.73. The van der Waals surface area contributed by atoms with Gasteiger partial charge in [0.25, 0.3) is 0 Å². The maximum Gasteiger partial charge on any atom is 0.0435 e. The van der Waals surface area contributed by atoms with Crippen molar-refractivity contribution in [2.75, 3.05) is 11.4 Å². The van der Waals surface area contributed by atoms with Crippen molar-refractivity contribution in [2.45, 2.75) is 91.5 Å². The molecule has 1 nitrogen and oxygen atoms in total. The lowest BCUT2D eigenvalue weighted by Crippen LogP contribution is -2.39. The number of anilines is 1. The molecule has 0 N–H and O–H groups in total. The van der Waals surface area contributed by atoms with Gasteiger partial charge in [-0.25, -0.2) is 0 Å². The zero-order valence-corrected chi connectivity index (χ0v) is 16.6. The molecule has 1 saturated heterocycles. The molecule has 0 unspecified atom stereocenters. The Hall–Kier alpha value is -0.980. The second-order valence-corrected chi connectivity index (χ2v) is 9.20. The van der Waals surface area contributed by atoms with Crippen molar-refractivity contribution >= 4 is 5.69 Å². The number of benzene rings is 1. The van der Waals surface area contributed by atoms with Crippen LogP contribution in [0.4, 0.5) is 5.69 Å². The van der Waals surface area contributed by atoms with Gasteiger partial charge in [0.2, 0.25) is 0 Å². The van der Waals surface area contributed by atoms with Crippen LogP contribution < -0.4 is 4.90 Å². The maximum absolute atomic E-state index is 2.79. The molecule has 1 aliphatic heterocycles. The molecule has 2 aliphatic rings. The lowest BCUT2D eigenvalue weighted by Gasteiger charge is -2.37. The van der Waals surface area contributed by atoms with Gasteiger partial charge in [-0.2, -0.15) is 0 Å². The standard InChI is InChI=1S/C23H37N/c1-6-18-12-11-13-19(7-2)21(18)24-17-23(5,16-22(24,3)4)20-14-9-8-10-15-20/h11-13,20H,6-10,14-17H2,1-5H3/t23-/m1/s1. The minimum absolute atomic E-state index is 0.265. The summed E-state index contributed by atoms with van der Waals surface area (Å²) in [6.07, 6.45) is 10.9. The Bertz CT molecular complexity index is 545. The predicted molar refractivity (Wildman–Crippen MR) is 106 cm³/mol. The van der Waals surface area contributed by atoms with Gasteiger partial charge in [0.1, 0.15) is 0 Å². The van der Waals surface area contributed by atoms with Crippen LogP contribution >= 0.6 is 0 Å². The van der Waals surface area contributed by atoms with E-state index in [1.807, 2.05) is 0 Å². The van der Waals surface area contributed by atoms with Crippen LogP contribution in [0, 0.1) is 11.3 Å². The molecule has 0 radical (unpaired) electrons. The van der Waals surface area contributed by atoms with Gasteiger partial charge in [0, 0.05) is 17.8 Å². The Balaban J connectivity index is 1.97. The van der Waals surface area contributed by atoms with E-state index >= 15 is 0 Å². The highest BCUT2D eigenvalue weighted by Crippen LogP contribution is 2.52. The van der Waals surface area contributed by atoms with Gasteiger partial charge in [-0.15, -0.1) is 0 Å². The Morgan fingerprint density at radius 3 is 2.08 bits per heavy atom. The highest BCUT2D eigenvalue weighted by molar-refractivity contribution is 5.62. The SMILES string of the molecule is CCc1cccc(CC)c1N1C[C@](C)(C2CCCCC2)CC1(C)C. The van der Waals surface area contributed by atoms with E-state index in [-0.39, 0.29) is 5.54 Å². The summed E-state index contributed by atoms with van der Waals surface area (Å²) in [5, 5.41) is 0. The monoisotopic (exact) mass is 327 g/mol. The van der Waals surface area contributed by atoms with E-state index in [1.165, 1.54) is 56.2 Å².